The molecule has 0 fully saturated rings. The molecule has 8 heterocycles. The minimum absolute atomic E-state index is 0.0405. The first-order valence-electron chi connectivity index (χ1n) is 22.2. The Morgan fingerprint density at radius 3 is 1.22 bits per heavy atom. The molecule has 0 saturated carbocycles. The molecule has 4 aliphatic heterocycles. The number of hydrogen-bond donors (Lipinski definition) is 0. The molecular formula is C56H32B2N4S2. The van der Waals surface area contributed by atoms with Gasteiger partial charge in [-0.15, -0.1) is 23.5 Å². The number of benzene rings is 9. The molecule has 13 aromatic rings. The lowest BCUT2D eigenvalue weighted by Gasteiger charge is -2.38. The first-order chi connectivity index (χ1) is 31.7. The van der Waals surface area contributed by atoms with E-state index < -0.39 is 0 Å². The minimum atomic E-state index is -0.0405. The number of hydrogen-bond acceptors (Lipinski definition) is 2. The molecule has 4 nitrogen and oxygen atoms in total. The van der Waals surface area contributed by atoms with Gasteiger partial charge in [-0.05, 0) is 88.0 Å². The van der Waals surface area contributed by atoms with Gasteiger partial charge in [0, 0.05) is 97.4 Å². The first-order valence-corrected chi connectivity index (χ1v) is 24.7. The summed E-state index contributed by atoms with van der Waals surface area (Å²) < 4.78 is 10.8. The van der Waals surface area contributed by atoms with Gasteiger partial charge in [-0.1, -0.05) is 115 Å². The third kappa shape index (κ3) is 3.54. The molecule has 17 rings (SSSR count). The quantitative estimate of drug-likeness (QED) is 0.128. The predicted octanol–water partition coefficient (Wildman–Crippen LogP) is 11.4. The molecule has 0 amide bonds. The molecular weight excluding hydrogens is 814 g/mol. The Bertz CT molecular complexity index is 4150. The van der Waals surface area contributed by atoms with E-state index in [1.54, 1.807) is 0 Å². The van der Waals surface area contributed by atoms with Crippen LogP contribution in [0.5, 0.6) is 0 Å². The molecule has 0 aliphatic carbocycles. The maximum absolute atomic E-state index is 2.72. The summed E-state index contributed by atoms with van der Waals surface area (Å²) in [5, 5.41) is 10.6. The third-order valence-electron chi connectivity index (χ3n) is 15.7. The van der Waals surface area contributed by atoms with Crippen molar-refractivity contribution in [2.45, 2.75) is 9.79 Å². The predicted molar refractivity (Wildman–Crippen MR) is 276 cm³/mol. The zero-order valence-corrected chi connectivity index (χ0v) is 36.4. The smallest absolute Gasteiger partial charge is 0.333 e. The molecule has 0 N–H and O–H groups in total. The van der Waals surface area contributed by atoms with Gasteiger partial charge in [0.05, 0.1) is 22.1 Å². The topological polar surface area (TPSA) is 19.7 Å². The van der Waals surface area contributed by atoms with Crippen LogP contribution in [0.4, 0.5) is 0 Å². The van der Waals surface area contributed by atoms with Crippen LogP contribution in [0.25, 0.3) is 121 Å². The zero-order chi connectivity index (χ0) is 41.4. The molecule has 64 heavy (non-hydrogen) atoms. The summed E-state index contributed by atoms with van der Waals surface area (Å²) in [7, 11) is 0. The van der Waals surface area contributed by atoms with Gasteiger partial charge in [0.2, 0.25) is 0 Å². The average molecular weight is 847 g/mol. The maximum Gasteiger partial charge on any atom is 0.333 e. The Hall–Kier alpha value is -6.99. The number of aromatic nitrogens is 4. The monoisotopic (exact) mass is 846 g/mol. The second kappa shape index (κ2) is 11.2. The van der Waals surface area contributed by atoms with Gasteiger partial charge < -0.3 is 18.1 Å². The van der Waals surface area contributed by atoms with E-state index in [0.717, 1.165) is 0 Å². The van der Waals surface area contributed by atoms with Crippen molar-refractivity contribution in [1.29, 1.82) is 0 Å². The van der Waals surface area contributed by atoms with E-state index >= 15 is 0 Å². The fourth-order valence-electron chi connectivity index (χ4n) is 13.5. The van der Waals surface area contributed by atoms with E-state index in [1.807, 2.05) is 23.5 Å². The lowest BCUT2D eigenvalue weighted by atomic mass is 9.41. The molecule has 294 valence electrons. The summed E-state index contributed by atoms with van der Waals surface area (Å²) in [6.07, 6.45) is 4.50. The second-order valence-corrected chi connectivity index (χ2v) is 19.9. The van der Waals surface area contributed by atoms with Crippen molar-refractivity contribution in [2.75, 3.05) is 12.5 Å². The highest BCUT2D eigenvalue weighted by atomic mass is 32.2. The largest absolute Gasteiger partial charge is 0.375 e. The van der Waals surface area contributed by atoms with Crippen LogP contribution in [0.2, 0.25) is 0 Å². The Balaban J connectivity index is 1.13. The summed E-state index contributed by atoms with van der Waals surface area (Å²) >= 11 is 3.75. The molecule has 8 heteroatoms. The molecule has 0 radical (unpaired) electrons. The molecule has 9 aromatic carbocycles. The van der Waals surface area contributed by atoms with Gasteiger partial charge >= 0.3 is 13.7 Å². The summed E-state index contributed by atoms with van der Waals surface area (Å²) in [6, 6.07) is 60.9. The molecule has 4 aliphatic rings. The van der Waals surface area contributed by atoms with E-state index in [-0.39, 0.29) is 13.7 Å². The summed E-state index contributed by atoms with van der Waals surface area (Å²) in [6.45, 7) is -0.0810. The van der Waals surface area contributed by atoms with Gasteiger partial charge in [0.25, 0.3) is 0 Å². The normalized spacial score (nSPS) is 13.8. The van der Waals surface area contributed by atoms with Crippen LogP contribution >= 0.6 is 23.5 Å². The summed E-state index contributed by atoms with van der Waals surface area (Å²) in [5.74, 6) is 0. The van der Waals surface area contributed by atoms with E-state index in [1.165, 1.54) is 152 Å². The fraction of sp³-hybridized carbons (Fsp3) is 0.0357. The zero-order valence-electron chi connectivity index (χ0n) is 34.8. The lowest BCUT2D eigenvalue weighted by Crippen LogP contribution is -2.60. The van der Waals surface area contributed by atoms with Crippen molar-refractivity contribution in [2.24, 2.45) is 0 Å². The van der Waals surface area contributed by atoms with Crippen LogP contribution in [-0.2, 0) is 0 Å². The van der Waals surface area contributed by atoms with Gasteiger partial charge in [0.15, 0.2) is 0 Å². The van der Waals surface area contributed by atoms with Crippen LogP contribution in [0.15, 0.2) is 168 Å². The number of nitrogens with zero attached hydrogens (tertiary/aromatic N) is 4. The Morgan fingerprint density at radius 1 is 0.359 bits per heavy atom. The van der Waals surface area contributed by atoms with Crippen LogP contribution in [0, 0.1) is 0 Å². The molecule has 0 spiro atoms. The average Bonchev–Trinajstić information content (AvgIpc) is 4.09. The second-order valence-electron chi connectivity index (χ2n) is 18.2. The molecule has 0 unspecified atom stereocenters. The SMILES string of the molecule is CSc1cc2c3c4c1c1ccccc1n4-c1cc4c(cc1B3n1c3ccccc3c3cccc-2c31)B1c2c(cc(SC)c3c5ccccc5n-4c23)-c2cccc3c4ccccc4n1c23. The summed E-state index contributed by atoms with van der Waals surface area (Å²) in [5.41, 5.74) is 23.9. The van der Waals surface area contributed by atoms with Gasteiger partial charge in [-0.2, -0.15) is 0 Å². The van der Waals surface area contributed by atoms with Crippen molar-refractivity contribution in [3.8, 4) is 33.6 Å². The van der Waals surface area contributed by atoms with Gasteiger partial charge in [-0.3, -0.25) is 0 Å². The maximum atomic E-state index is 2.72. The van der Waals surface area contributed by atoms with E-state index in [2.05, 4.69) is 188 Å². The highest BCUT2D eigenvalue weighted by Crippen LogP contribution is 2.49. The standard InChI is InChI=1S/C56H32B2N4S2/c1-63-47-25-37-33-19-11-17-31-29-13-3-9-23-43(29)61(53(31)33)57-39-27-40-46(28-45(39)59-41-21-7-5-15-35(41)49(47)55(59)51(37)57)60-42-22-8-6-16-36(42)50-48(64-2)26-38-34-20-12-18-32-30-14-4-10-24-44(30)62(54(32)34)58(40)52(38)56(50)60/h3-28H,1-2H3. The summed E-state index contributed by atoms with van der Waals surface area (Å²) in [4.78, 5) is 2.66. The molecule has 0 saturated heterocycles. The third-order valence-corrected chi connectivity index (χ3v) is 17.2. The Morgan fingerprint density at radius 2 is 0.766 bits per heavy atom. The van der Waals surface area contributed by atoms with E-state index in [4.69, 9.17) is 0 Å². The molecule has 0 atom stereocenters. The van der Waals surface area contributed by atoms with Crippen molar-refractivity contribution in [3.05, 3.63) is 158 Å². The Labute approximate surface area is 375 Å². The van der Waals surface area contributed by atoms with Crippen LogP contribution in [0.1, 0.15) is 0 Å². The van der Waals surface area contributed by atoms with Crippen LogP contribution in [-0.4, -0.2) is 44.3 Å². The highest BCUT2D eigenvalue weighted by Gasteiger charge is 2.47. The fourth-order valence-corrected chi connectivity index (χ4v) is 14.8. The highest BCUT2D eigenvalue weighted by molar-refractivity contribution is 7.99. The van der Waals surface area contributed by atoms with Crippen molar-refractivity contribution < 1.29 is 0 Å². The van der Waals surface area contributed by atoms with Crippen molar-refractivity contribution in [3.63, 3.8) is 0 Å². The number of thioether (sulfide) groups is 2. The van der Waals surface area contributed by atoms with Crippen molar-refractivity contribution >= 4 is 146 Å². The van der Waals surface area contributed by atoms with Crippen molar-refractivity contribution in [1.82, 2.24) is 18.1 Å². The number of fused-ring (bicyclic) bond motifs is 22. The Kier molecular flexibility index (Phi) is 5.87. The van der Waals surface area contributed by atoms with Crippen LogP contribution in [0.3, 0.4) is 0 Å². The minimum Gasteiger partial charge on any atom is -0.375 e. The number of rotatable bonds is 2. The lowest BCUT2D eigenvalue weighted by molar-refractivity contribution is 1.13. The number of para-hydroxylation sites is 6. The van der Waals surface area contributed by atoms with Gasteiger partial charge in [0.1, 0.15) is 0 Å². The van der Waals surface area contributed by atoms with Gasteiger partial charge in [-0.25, -0.2) is 0 Å². The first kappa shape index (κ1) is 33.6. The van der Waals surface area contributed by atoms with E-state index in [0.29, 0.717) is 0 Å². The molecule has 0 bridgehead atoms. The van der Waals surface area contributed by atoms with E-state index in [9.17, 15) is 0 Å². The van der Waals surface area contributed by atoms with Crippen LogP contribution < -0.4 is 21.9 Å². The molecule has 4 aromatic heterocycles.